The summed E-state index contributed by atoms with van der Waals surface area (Å²) < 4.78 is 9.57. The summed E-state index contributed by atoms with van der Waals surface area (Å²) in [5.74, 6) is 0. The van der Waals surface area contributed by atoms with E-state index in [1.54, 1.807) is 0 Å². The van der Waals surface area contributed by atoms with E-state index in [1.165, 1.54) is 6.92 Å². The molecule has 3 N–H and O–H groups in total. The van der Waals surface area contributed by atoms with Crippen molar-refractivity contribution >= 4 is 16.3 Å². The van der Waals surface area contributed by atoms with Gasteiger partial charge in [-0.15, -0.1) is 0 Å². The van der Waals surface area contributed by atoms with Gasteiger partial charge in [0.05, 0.1) is 6.61 Å². The molecule has 72 valence electrons. The van der Waals surface area contributed by atoms with Crippen LogP contribution in [0.15, 0.2) is 0 Å². The van der Waals surface area contributed by atoms with Gasteiger partial charge in [-0.3, -0.25) is 3.83 Å². The van der Waals surface area contributed by atoms with E-state index in [4.69, 9.17) is 9.84 Å². The maximum Gasteiger partial charge on any atom is 0.202 e. The second kappa shape index (κ2) is 3.57. The third-order valence-electron chi connectivity index (χ3n) is 1.99. The van der Waals surface area contributed by atoms with Crippen molar-refractivity contribution < 1.29 is 23.9 Å². The average Bonchev–Trinajstić information content (AvgIpc) is 2.25. The van der Waals surface area contributed by atoms with Crippen molar-refractivity contribution in [2.24, 2.45) is 0 Å². The number of aliphatic hydroxyl groups is 3. The first-order chi connectivity index (χ1) is 5.54. The summed E-state index contributed by atoms with van der Waals surface area (Å²) in [5.41, 5.74) is -1.50. The van der Waals surface area contributed by atoms with E-state index in [2.05, 4.69) is 20.1 Å². The summed E-state index contributed by atoms with van der Waals surface area (Å²) >= 11 is 2.66. The summed E-state index contributed by atoms with van der Waals surface area (Å²) in [6.45, 7) is 1.02. The highest BCUT2D eigenvalue weighted by Crippen LogP contribution is 2.32. The Morgan fingerprint density at radius 1 is 1.67 bits per heavy atom. The van der Waals surface area contributed by atoms with E-state index in [0.29, 0.717) is 0 Å². The van der Waals surface area contributed by atoms with Crippen molar-refractivity contribution in [2.45, 2.75) is 31.0 Å². The highest BCUT2D eigenvalue weighted by Gasteiger charge is 2.52. The first kappa shape index (κ1) is 10.4. The van der Waals surface area contributed by atoms with E-state index >= 15 is 0 Å². The number of hydrogen-bond acceptors (Lipinski definition) is 5. The Hall–Kier alpha value is 0.280. The Labute approximate surface area is 78.4 Å². The van der Waals surface area contributed by atoms with Gasteiger partial charge in [-0.1, -0.05) is 0 Å². The van der Waals surface area contributed by atoms with Crippen LogP contribution in [0.3, 0.4) is 0 Å². The zero-order chi connectivity index (χ0) is 9.35. The minimum absolute atomic E-state index is 0.357. The fourth-order valence-corrected chi connectivity index (χ4v) is 1.61. The van der Waals surface area contributed by atoms with Crippen LogP contribution in [0.5, 0.6) is 0 Å². The number of halogens is 1. The molecule has 1 aliphatic heterocycles. The highest BCUT2D eigenvalue weighted by atomic mass is 79.9. The van der Waals surface area contributed by atoms with Crippen LogP contribution in [-0.2, 0) is 8.57 Å². The molecule has 0 aliphatic carbocycles. The second-order valence-electron chi connectivity index (χ2n) is 2.95. The Morgan fingerprint density at radius 3 is 2.50 bits per heavy atom. The lowest BCUT2D eigenvalue weighted by atomic mass is 9.98. The molecule has 1 unspecified atom stereocenters. The maximum atomic E-state index is 9.58. The molecule has 1 aliphatic rings. The van der Waals surface area contributed by atoms with Gasteiger partial charge in [0, 0.05) is 0 Å². The van der Waals surface area contributed by atoms with Crippen LogP contribution in [0, 0.1) is 0 Å². The average molecular weight is 243 g/mol. The lowest BCUT2D eigenvalue weighted by Crippen LogP contribution is -2.45. The van der Waals surface area contributed by atoms with E-state index in [-0.39, 0.29) is 6.61 Å². The lowest BCUT2D eigenvalue weighted by Gasteiger charge is -2.23. The maximum absolute atomic E-state index is 9.58. The molecule has 0 aromatic heterocycles. The van der Waals surface area contributed by atoms with E-state index in [0.717, 1.165) is 0 Å². The molecule has 0 radical (unpaired) electrons. The largest absolute Gasteiger partial charge is 0.394 e. The van der Waals surface area contributed by atoms with Crippen LogP contribution in [0.2, 0.25) is 0 Å². The number of ether oxygens (including phenoxy) is 1. The molecule has 1 rings (SSSR count). The fourth-order valence-electron chi connectivity index (χ4n) is 1.14. The van der Waals surface area contributed by atoms with Crippen molar-refractivity contribution in [3.05, 3.63) is 0 Å². The normalized spacial score (nSPS) is 48.2. The first-order valence-electron chi connectivity index (χ1n) is 3.48. The highest BCUT2D eigenvalue weighted by molar-refractivity contribution is 9.06. The van der Waals surface area contributed by atoms with Gasteiger partial charge in [0.1, 0.15) is 34.1 Å². The molecule has 1 heterocycles. The summed E-state index contributed by atoms with van der Waals surface area (Å²) in [6, 6.07) is 0. The number of rotatable bonds is 2. The Bertz CT molecular complexity index is 158. The third-order valence-corrected chi connectivity index (χ3v) is 2.33. The first-order valence-corrected chi connectivity index (χ1v) is 4.13. The Balaban J connectivity index is 2.73. The predicted octanol–water partition coefficient (Wildman–Crippen LogP) is -0.858. The van der Waals surface area contributed by atoms with Gasteiger partial charge in [0.25, 0.3) is 0 Å². The molecule has 12 heavy (non-hydrogen) atoms. The van der Waals surface area contributed by atoms with Gasteiger partial charge in [0.15, 0.2) is 0 Å². The molecule has 4 atom stereocenters. The molecule has 0 saturated carbocycles. The van der Waals surface area contributed by atoms with Crippen LogP contribution < -0.4 is 0 Å². The third kappa shape index (κ3) is 1.50. The molecule has 0 amide bonds. The van der Waals surface area contributed by atoms with Gasteiger partial charge in [-0.25, -0.2) is 0 Å². The van der Waals surface area contributed by atoms with Crippen LogP contribution >= 0.6 is 16.3 Å². The van der Waals surface area contributed by atoms with Gasteiger partial charge < -0.3 is 20.1 Å². The Kier molecular flexibility index (Phi) is 3.08. The minimum Gasteiger partial charge on any atom is -0.394 e. The summed E-state index contributed by atoms with van der Waals surface area (Å²) in [6.07, 6.45) is -2.92. The zero-order valence-electron chi connectivity index (χ0n) is 6.48. The topological polar surface area (TPSA) is 79.2 Å². The molecule has 1 fully saturated rings. The molecule has 0 bridgehead atoms. The Morgan fingerprint density at radius 2 is 2.25 bits per heavy atom. The fraction of sp³-hybridized carbons (Fsp3) is 1.00. The van der Waals surface area contributed by atoms with Gasteiger partial charge in [-0.2, -0.15) is 0 Å². The monoisotopic (exact) mass is 242 g/mol. The molecule has 5 nitrogen and oxygen atoms in total. The molecule has 0 aromatic rings. The van der Waals surface area contributed by atoms with Crippen LogP contribution in [0.1, 0.15) is 6.92 Å². The number of hydrogen-bond donors (Lipinski definition) is 3. The van der Waals surface area contributed by atoms with Gasteiger partial charge in [-0.05, 0) is 6.92 Å². The minimum atomic E-state index is -1.50. The summed E-state index contributed by atoms with van der Waals surface area (Å²) in [5, 5.41) is 27.7. The molecule has 0 spiro atoms. The predicted molar refractivity (Wildman–Crippen MR) is 42.4 cm³/mol. The van der Waals surface area contributed by atoms with Crippen molar-refractivity contribution in [3.8, 4) is 0 Å². The zero-order valence-corrected chi connectivity index (χ0v) is 8.06. The molecule has 1 saturated heterocycles. The molecular formula is C6H11BrO5. The smallest absolute Gasteiger partial charge is 0.202 e. The molecule has 6 heteroatoms. The van der Waals surface area contributed by atoms with Crippen LogP contribution in [-0.4, -0.2) is 46.0 Å². The summed E-state index contributed by atoms with van der Waals surface area (Å²) in [7, 11) is 0. The van der Waals surface area contributed by atoms with Gasteiger partial charge >= 0.3 is 0 Å². The van der Waals surface area contributed by atoms with Crippen LogP contribution in [0.25, 0.3) is 0 Å². The SMILES string of the molecule is C[C@]1(O)C(OBr)O[C@H](CO)[C@H]1O. The molecular weight excluding hydrogens is 232 g/mol. The lowest BCUT2D eigenvalue weighted by molar-refractivity contribution is -0.142. The van der Waals surface area contributed by atoms with Gasteiger partial charge in [0.2, 0.25) is 6.29 Å². The van der Waals surface area contributed by atoms with Crippen molar-refractivity contribution in [1.82, 2.24) is 0 Å². The van der Waals surface area contributed by atoms with Crippen molar-refractivity contribution in [3.63, 3.8) is 0 Å². The number of aliphatic hydroxyl groups excluding tert-OH is 2. The quantitative estimate of drug-likeness (QED) is 0.588. The van der Waals surface area contributed by atoms with E-state index in [1.807, 2.05) is 0 Å². The standard InChI is InChI=1S/C6H11BrO5/c1-6(10)4(9)3(2-8)11-5(6)12-7/h3-5,8-10H,2H2,1H3/t3-,4-,5?,6-/m1/s1. The molecule has 0 aromatic carbocycles. The van der Waals surface area contributed by atoms with Crippen molar-refractivity contribution in [2.75, 3.05) is 6.61 Å². The van der Waals surface area contributed by atoms with Crippen molar-refractivity contribution in [1.29, 1.82) is 0 Å². The summed E-state index contributed by atoms with van der Waals surface area (Å²) in [4.78, 5) is 0. The van der Waals surface area contributed by atoms with Crippen LogP contribution in [0.4, 0.5) is 0 Å². The second-order valence-corrected chi connectivity index (χ2v) is 3.32. The van der Waals surface area contributed by atoms with E-state index in [9.17, 15) is 10.2 Å². The van der Waals surface area contributed by atoms with E-state index < -0.39 is 24.1 Å².